The molecule has 9 heteroatoms. The van der Waals surface area contributed by atoms with Crippen LogP contribution in [-0.2, 0) is 17.5 Å². The predicted molar refractivity (Wildman–Crippen MR) is 95.6 cm³/mol. The number of methoxy groups -OCH3 is 1. The maximum Gasteiger partial charge on any atom is 0.287 e. The highest BCUT2D eigenvalue weighted by Crippen LogP contribution is 2.21. The molecule has 0 aliphatic heterocycles. The molecule has 0 aliphatic carbocycles. The molecule has 1 amide bonds. The van der Waals surface area contributed by atoms with Crippen LogP contribution in [0.15, 0.2) is 52.4 Å². The third-order valence-electron chi connectivity index (χ3n) is 3.63. The second kappa shape index (κ2) is 8.63. The lowest BCUT2D eigenvalue weighted by atomic mass is 10.2. The minimum Gasteiger partial charge on any atom is -0.455 e. The van der Waals surface area contributed by atoms with E-state index >= 15 is 0 Å². The maximum absolute atomic E-state index is 12.5. The van der Waals surface area contributed by atoms with E-state index < -0.39 is 0 Å². The Hall–Kier alpha value is -2.65. The first-order valence-electron chi connectivity index (χ1n) is 7.93. The normalized spacial score (nSPS) is 12.1. The van der Waals surface area contributed by atoms with Crippen molar-refractivity contribution in [3.63, 3.8) is 0 Å². The first kappa shape index (κ1) is 18.2. The molecule has 8 nitrogen and oxygen atoms in total. The van der Waals surface area contributed by atoms with E-state index in [1.165, 1.54) is 11.8 Å². The van der Waals surface area contributed by atoms with Crippen molar-refractivity contribution < 1.29 is 13.9 Å². The SMILES string of the molecule is COCC(NC(=O)c1ccc(CSc2ncccn2)o1)c1ccnn1C. The number of carbonyl (C=O) groups is 1. The first-order chi connectivity index (χ1) is 12.7. The van der Waals surface area contributed by atoms with Gasteiger partial charge in [-0.3, -0.25) is 9.48 Å². The molecule has 0 saturated carbocycles. The summed E-state index contributed by atoms with van der Waals surface area (Å²) in [6.07, 6.45) is 5.05. The van der Waals surface area contributed by atoms with E-state index in [-0.39, 0.29) is 17.7 Å². The van der Waals surface area contributed by atoms with E-state index in [9.17, 15) is 4.79 Å². The van der Waals surface area contributed by atoms with Gasteiger partial charge < -0.3 is 14.5 Å². The van der Waals surface area contributed by atoms with Gasteiger partial charge in [-0.05, 0) is 24.3 Å². The molecule has 26 heavy (non-hydrogen) atoms. The summed E-state index contributed by atoms with van der Waals surface area (Å²) in [4.78, 5) is 20.8. The fourth-order valence-electron chi connectivity index (χ4n) is 2.40. The highest BCUT2D eigenvalue weighted by molar-refractivity contribution is 7.98. The largest absolute Gasteiger partial charge is 0.455 e. The number of carbonyl (C=O) groups excluding carboxylic acids is 1. The molecule has 3 aromatic heterocycles. The van der Waals surface area contributed by atoms with Crippen LogP contribution in [0.5, 0.6) is 0 Å². The number of aryl methyl sites for hydroxylation is 1. The van der Waals surface area contributed by atoms with Gasteiger partial charge in [0.05, 0.1) is 24.1 Å². The molecule has 0 aromatic carbocycles. The Labute approximate surface area is 155 Å². The summed E-state index contributed by atoms with van der Waals surface area (Å²) < 4.78 is 12.6. The molecule has 1 N–H and O–H groups in total. The van der Waals surface area contributed by atoms with Gasteiger partial charge in [0.1, 0.15) is 5.76 Å². The molecule has 0 fully saturated rings. The van der Waals surface area contributed by atoms with Crippen molar-refractivity contribution in [3.8, 4) is 0 Å². The van der Waals surface area contributed by atoms with Crippen molar-refractivity contribution in [2.45, 2.75) is 17.0 Å². The van der Waals surface area contributed by atoms with E-state index in [0.29, 0.717) is 23.3 Å². The van der Waals surface area contributed by atoms with E-state index in [1.54, 1.807) is 48.6 Å². The Balaban J connectivity index is 1.62. The lowest BCUT2D eigenvalue weighted by molar-refractivity contribution is 0.0863. The molecule has 0 radical (unpaired) electrons. The fraction of sp³-hybridized carbons (Fsp3) is 0.294. The third-order valence-corrected chi connectivity index (χ3v) is 4.52. The molecule has 1 atom stereocenters. The summed E-state index contributed by atoms with van der Waals surface area (Å²) in [5.41, 5.74) is 0.851. The number of nitrogens with one attached hydrogen (secondary N) is 1. The van der Waals surface area contributed by atoms with Gasteiger partial charge in [0.15, 0.2) is 10.9 Å². The van der Waals surface area contributed by atoms with Gasteiger partial charge in [0.2, 0.25) is 0 Å². The number of amides is 1. The van der Waals surface area contributed by atoms with Crippen LogP contribution < -0.4 is 5.32 Å². The topological polar surface area (TPSA) is 95.1 Å². The molecule has 0 bridgehead atoms. The number of aromatic nitrogens is 4. The van der Waals surface area contributed by atoms with Crippen molar-refractivity contribution in [3.05, 3.63) is 60.1 Å². The monoisotopic (exact) mass is 373 g/mol. The van der Waals surface area contributed by atoms with E-state index in [2.05, 4.69) is 20.4 Å². The number of furan rings is 1. The molecule has 3 aromatic rings. The maximum atomic E-state index is 12.5. The van der Waals surface area contributed by atoms with Gasteiger partial charge in [-0.2, -0.15) is 5.10 Å². The van der Waals surface area contributed by atoms with Crippen LogP contribution in [0.25, 0.3) is 0 Å². The number of rotatable bonds is 8. The standard InChI is InChI=1S/C17H19N5O3S/c1-22-14(6-9-20-22)13(10-24-2)21-16(23)15-5-4-12(25-15)11-26-17-18-7-3-8-19-17/h3-9,13H,10-11H2,1-2H3,(H,21,23). The second-order valence-corrected chi connectivity index (χ2v) is 6.39. The van der Waals surface area contributed by atoms with Crippen molar-refractivity contribution in [2.75, 3.05) is 13.7 Å². The zero-order valence-electron chi connectivity index (χ0n) is 14.5. The van der Waals surface area contributed by atoms with Crippen LogP contribution in [0.2, 0.25) is 0 Å². The average Bonchev–Trinajstić information content (AvgIpc) is 3.29. The Kier molecular flexibility index (Phi) is 6.03. The summed E-state index contributed by atoms with van der Waals surface area (Å²) in [5, 5.41) is 7.70. The fourth-order valence-corrected chi connectivity index (χ4v) is 3.09. The molecule has 3 heterocycles. The number of ether oxygens (including phenoxy) is 1. The lowest BCUT2D eigenvalue weighted by Crippen LogP contribution is -2.32. The quantitative estimate of drug-likeness (QED) is 0.478. The minimum absolute atomic E-state index is 0.248. The molecule has 0 aliphatic rings. The van der Waals surface area contributed by atoms with Gasteiger partial charge in [0.25, 0.3) is 5.91 Å². The summed E-state index contributed by atoms with van der Waals surface area (Å²) >= 11 is 1.44. The molecule has 0 spiro atoms. The predicted octanol–water partition coefficient (Wildman–Crippen LogP) is 2.21. The summed E-state index contributed by atoms with van der Waals surface area (Å²) in [6, 6.07) is 6.72. The molecule has 136 valence electrons. The highest BCUT2D eigenvalue weighted by Gasteiger charge is 2.20. The van der Waals surface area contributed by atoms with Crippen LogP contribution in [0, 0.1) is 0 Å². The van der Waals surface area contributed by atoms with Crippen molar-refractivity contribution in [2.24, 2.45) is 7.05 Å². The second-order valence-electron chi connectivity index (χ2n) is 5.45. The van der Waals surface area contributed by atoms with Gasteiger partial charge >= 0.3 is 0 Å². The smallest absolute Gasteiger partial charge is 0.287 e. The molecule has 3 rings (SSSR count). The van der Waals surface area contributed by atoms with Crippen LogP contribution in [0.1, 0.15) is 28.1 Å². The van der Waals surface area contributed by atoms with E-state index in [4.69, 9.17) is 9.15 Å². The zero-order chi connectivity index (χ0) is 18.4. The number of thioether (sulfide) groups is 1. The van der Waals surface area contributed by atoms with Crippen LogP contribution in [-0.4, -0.2) is 39.4 Å². The first-order valence-corrected chi connectivity index (χ1v) is 8.92. The molecular weight excluding hydrogens is 354 g/mol. The number of nitrogens with zero attached hydrogens (tertiary/aromatic N) is 4. The summed E-state index contributed by atoms with van der Waals surface area (Å²) in [5.74, 6) is 1.16. The number of hydrogen-bond acceptors (Lipinski definition) is 7. The van der Waals surface area contributed by atoms with Crippen LogP contribution in [0.3, 0.4) is 0 Å². The average molecular weight is 373 g/mol. The molecule has 1 unspecified atom stereocenters. The van der Waals surface area contributed by atoms with Crippen molar-refractivity contribution in [1.82, 2.24) is 25.1 Å². The molecule has 0 saturated heterocycles. The Morgan fingerprint density at radius 1 is 1.31 bits per heavy atom. The number of hydrogen-bond donors (Lipinski definition) is 1. The molecular formula is C17H19N5O3S. The summed E-state index contributed by atoms with van der Waals surface area (Å²) in [7, 11) is 3.40. The van der Waals surface area contributed by atoms with Gasteiger partial charge in [-0.25, -0.2) is 9.97 Å². The Morgan fingerprint density at radius 2 is 2.12 bits per heavy atom. The van der Waals surface area contributed by atoms with Crippen LogP contribution >= 0.6 is 11.8 Å². The Morgan fingerprint density at radius 3 is 2.81 bits per heavy atom. The summed E-state index contributed by atoms with van der Waals surface area (Å²) in [6.45, 7) is 0.333. The lowest BCUT2D eigenvalue weighted by Gasteiger charge is -2.17. The van der Waals surface area contributed by atoms with Crippen LogP contribution in [0.4, 0.5) is 0 Å². The van der Waals surface area contributed by atoms with Gasteiger partial charge in [-0.1, -0.05) is 11.8 Å². The van der Waals surface area contributed by atoms with Crippen molar-refractivity contribution >= 4 is 17.7 Å². The Bertz CT molecular complexity index is 849. The minimum atomic E-state index is -0.319. The third kappa shape index (κ3) is 4.50. The van der Waals surface area contributed by atoms with Gasteiger partial charge in [0, 0.05) is 32.7 Å². The van der Waals surface area contributed by atoms with Crippen molar-refractivity contribution in [1.29, 1.82) is 0 Å². The highest BCUT2D eigenvalue weighted by atomic mass is 32.2. The van der Waals surface area contributed by atoms with Gasteiger partial charge in [-0.15, -0.1) is 0 Å². The van der Waals surface area contributed by atoms with E-state index in [0.717, 1.165) is 5.69 Å². The zero-order valence-corrected chi connectivity index (χ0v) is 15.3. The van der Waals surface area contributed by atoms with E-state index in [1.807, 2.05) is 13.1 Å².